The quantitative estimate of drug-likeness (QED) is 0.752. The molecule has 0 saturated heterocycles. The van der Waals surface area contributed by atoms with Crippen LogP contribution in [0.15, 0.2) is 27.1 Å². The first kappa shape index (κ1) is 16.5. The Balaban J connectivity index is 2.56. The molecule has 1 unspecified atom stereocenters. The maximum Gasteiger partial charge on any atom is 0.422 e. The van der Waals surface area contributed by atoms with Crippen molar-refractivity contribution in [3.05, 3.63) is 32.7 Å². The van der Waals surface area contributed by atoms with E-state index < -0.39 is 11.7 Å². The normalized spacial score (nSPS) is 12.9. The van der Waals surface area contributed by atoms with Crippen LogP contribution in [-0.4, -0.2) is 11.7 Å². The zero-order chi connectivity index (χ0) is 14.6. The van der Waals surface area contributed by atoms with Gasteiger partial charge in [0.1, 0.15) is 5.60 Å². The highest BCUT2D eigenvalue weighted by Crippen LogP contribution is 2.26. The van der Waals surface area contributed by atoms with E-state index in [0.717, 1.165) is 14.5 Å². The van der Waals surface area contributed by atoms with E-state index in [9.17, 15) is 4.79 Å². The van der Waals surface area contributed by atoms with E-state index in [1.807, 2.05) is 45.9 Å². The van der Waals surface area contributed by atoms with Crippen LogP contribution in [0.1, 0.15) is 39.3 Å². The molecule has 0 aromatic heterocycles. The highest BCUT2D eigenvalue weighted by Gasteiger charge is 2.17. The van der Waals surface area contributed by atoms with Crippen LogP contribution in [-0.2, 0) is 4.74 Å². The maximum absolute atomic E-state index is 11.5. The molecule has 0 radical (unpaired) electrons. The Hall–Kier alpha value is -0.590. The highest BCUT2D eigenvalue weighted by atomic mass is 79.9. The Kier molecular flexibility index (Phi) is 5.82. The molecular weight excluding hydrogens is 376 g/mol. The van der Waals surface area contributed by atoms with Crippen LogP contribution < -0.4 is 10.9 Å². The summed E-state index contributed by atoms with van der Waals surface area (Å²) in [5, 5.41) is 0. The summed E-state index contributed by atoms with van der Waals surface area (Å²) in [4.78, 5) is 11.5. The molecule has 1 amide bonds. The summed E-state index contributed by atoms with van der Waals surface area (Å²) < 4.78 is 7.10. The predicted molar refractivity (Wildman–Crippen MR) is 82.8 cm³/mol. The van der Waals surface area contributed by atoms with Gasteiger partial charge in [-0.05, 0) is 45.4 Å². The molecule has 0 bridgehead atoms. The van der Waals surface area contributed by atoms with Crippen LogP contribution in [0, 0.1) is 0 Å². The number of hydrazine groups is 1. The topological polar surface area (TPSA) is 50.4 Å². The van der Waals surface area contributed by atoms with Crippen LogP contribution in [0.3, 0.4) is 0 Å². The second-order valence-corrected chi connectivity index (χ2v) is 6.93. The average Bonchev–Trinajstić information content (AvgIpc) is 2.23. The zero-order valence-corrected chi connectivity index (χ0v) is 14.6. The third-order valence-corrected chi connectivity index (χ3v) is 3.40. The van der Waals surface area contributed by atoms with Crippen LogP contribution in [0.4, 0.5) is 4.79 Å². The molecule has 0 saturated carbocycles. The number of rotatable bonds is 3. The number of carbonyl (C=O) groups is 1. The summed E-state index contributed by atoms with van der Waals surface area (Å²) in [6.07, 6.45) is -0.493. The molecule has 1 aromatic rings. The first-order valence-corrected chi connectivity index (χ1v) is 7.47. The van der Waals surface area contributed by atoms with Gasteiger partial charge in [0.2, 0.25) is 0 Å². The highest BCUT2D eigenvalue weighted by molar-refractivity contribution is 9.11. The molecule has 1 rings (SSSR count). The number of hydrogen-bond acceptors (Lipinski definition) is 3. The molecule has 1 aromatic carbocycles. The van der Waals surface area contributed by atoms with Gasteiger partial charge < -0.3 is 4.74 Å². The van der Waals surface area contributed by atoms with Gasteiger partial charge in [0.05, 0.1) is 0 Å². The second kappa shape index (κ2) is 6.72. The number of ether oxygens (including phenoxy) is 1. The van der Waals surface area contributed by atoms with E-state index in [0.29, 0.717) is 0 Å². The summed E-state index contributed by atoms with van der Waals surface area (Å²) in [5.74, 6) is 0. The van der Waals surface area contributed by atoms with Gasteiger partial charge in [-0.3, -0.25) is 5.43 Å². The van der Waals surface area contributed by atoms with E-state index in [2.05, 4.69) is 42.7 Å². The zero-order valence-electron chi connectivity index (χ0n) is 11.4. The maximum atomic E-state index is 11.5. The molecular formula is C13H18Br2N2O2. The van der Waals surface area contributed by atoms with E-state index in [1.54, 1.807) is 0 Å². The van der Waals surface area contributed by atoms with Gasteiger partial charge in [-0.15, -0.1) is 0 Å². The van der Waals surface area contributed by atoms with Gasteiger partial charge in [0, 0.05) is 15.0 Å². The second-order valence-electron chi connectivity index (χ2n) is 5.16. The molecule has 0 fully saturated rings. The minimum Gasteiger partial charge on any atom is -0.443 e. The third-order valence-electron chi connectivity index (χ3n) is 2.22. The largest absolute Gasteiger partial charge is 0.443 e. The van der Waals surface area contributed by atoms with Crippen LogP contribution >= 0.6 is 31.9 Å². The lowest BCUT2D eigenvalue weighted by Crippen LogP contribution is -2.42. The molecule has 106 valence electrons. The van der Waals surface area contributed by atoms with Crippen molar-refractivity contribution in [1.29, 1.82) is 0 Å². The molecule has 0 aliphatic heterocycles. The molecule has 4 nitrogen and oxygen atoms in total. The summed E-state index contributed by atoms with van der Waals surface area (Å²) in [6.45, 7) is 7.41. The van der Waals surface area contributed by atoms with Crippen molar-refractivity contribution in [2.45, 2.75) is 39.3 Å². The Morgan fingerprint density at radius 1 is 1.32 bits per heavy atom. The lowest BCUT2D eigenvalue weighted by molar-refractivity contribution is 0.0489. The molecule has 0 aliphatic carbocycles. The third kappa shape index (κ3) is 5.93. The SMILES string of the molecule is CC(NNC(=O)OC(C)(C)C)c1ccc(Br)cc1Br. The van der Waals surface area contributed by atoms with E-state index >= 15 is 0 Å². The molecule has 0 heterocycles. The smallest absolute Gasteiger partial charge is 0.422 e. The Morgan fingerprint density at radius 3 is 2.47 bits per heavy atom. The summed E-state index contributed by atoms with van der Waals surface area (Å²) in [7, 11) is 0. The first-order valence-electron chi connectivity index (χ1n) is 5.88. The van der Waals surface area contributed by atoms with Gasteiger partial charge in [-0.25, -0.2) is 10.2 Å². The van der Waals surface area contributed by atoms with Crippen molar-refractivity contribution in [2.24, 2.45) is 0 Å². The van der Waals surface area contributed by atoms with E-state index in [4.69, 9.17) is 4.74 Å². The summed E-state index contributed by atoms with van der Waals surface area (Å²) in [5.41, 5.74) is 5.98. The molecule has 19 heavy (non-hydrogen) atoms. The van der Waals surface area contributed by atoms with Crippen molar-refractivity contribution in [3.63, 3.8) is 0 Å². The lowest BCUT2D eigenvalue weighted by Gasteiger charge is -2.22. The Morgan fingerprint density at radius 2 is 1.95 bits per heavy atom. The molecule has 6 heteroatoms. The van der Waals surface area contributed by atoms with Gasteiger partial charge in [-0.1, -0.05) is 37.9 Å². The number of hydrogen-bond donors (Lipinski definition) is 2. The fourth-order valence-corrected chi connectivity index (χ4v) is 2.79. The number of nitrogens with one attached hydrogen (secondary N) is 2. The van der Waals surface area contributed by atoms with Gasteiger partial charge in [0.15, 0.2) is 0 Å². The first-order chi connectivity index (χ1) is 8.69. The van der Waals surface area contributed by atoms with Gasteiger partial charge in [-0.2, -0.15) is 0 Å². The molecule has 0 spiro atoms. The fraction of sp³-hybridized carbons (Fsp3) is 0.462. The fourth-order valence-electron chi connectivity index (χ4n) is 1.40. The minimum atomic E-state index is -0.507. The van der Waals surface area contributed by atoms with Crippen molar-refractivity contribution < 1.29 is 9.53 Å². The van der Waals surface area contributed by atoms with Crippen molar-refractivity contribution in [2.75, 3.05) is 0 Å². The van der Waals surface area contributed by atoms with Crippen LogP contribution in [0.5, 0.6) is 0 Å². The monoisotopic (exact) mass is 392 g/mol. The molecule has 0 aliphatic rings. The number of benzene rings is 1. The predicted octanol–water partition coefficient (Wildman–Crippen LogP) is 4.30. The van der Waals surface area contributed by atoms with Crippen LogP contribution in [0.25, 0.3) is 0 Å². The number of carbonyl (C=O) groups excluding carboxylic acids is 1. The van der Waals surface area contributed by atoms with Crippen molar-refractivity contribution in [3.8, 4) is 0 Å². The van der Waals surface area contributed by atoms with Gasteiger partial charge >= 0.3 is 6.09 Å². The summed E-state index contributed by atoms with van der Waals surface area (Å²) >= 11 is 6.89. The average molecular weight is 394 g/mol. The van der Waals surface area contributed by atoms with Crippen molar-refractivity contribution >= 4 is 38.0 Å². The number of halogens is 2. The summed E-state index contributed by atoms with van der Waals surface area (Å²) in [6, 6.07) is 5.84. The molecule has 2 N–H and O–H groups in total. The molecule has 1 atom stereocenters. The number of amides is 1. The van der Waals surface area contributed by atoms with E-state index in [-0.39, 0.29) is 6.04 Å². The lowest BCUT2D eigenvalue weighted by atomic mass is 10.1. The Labute approximate surface area is 130 Å². The van der Waals surface area contributed by atoms with Crippen LogP contribution in [0.2, 0.25) is 0 Å². The van der Waals surface area contributed by atoms with Gasteiger partial charge in [0.25, 0.3) is 0 Å². The minimum absolute atomic E-state index is 0.0463. The standard InChI is InChI=1S/C13H18Br2N2O2/c1-8(10-6-5-9(14)7-11(10)15)16-17-12(18)19-13(2,3)4/h5-8,16H,1-4H3,(H,17,18). The van der Waals surface area contributed by atoms with Crippen molar-refractivity contribution in [1.82, 2.24) is 10.9 Å². The Bertz CT molecular complexity index is 458. The van der Waals surface area contributed by atoms with E-state index in [1.165, 1.54) is 0 Å².